The molecule has 1 aliphatic heterocycles. The molecule has 1 aliphatic rings. The lowest BCUT2D eigenvalue weighted by Gasteiger charge is -2.38. The van der Waals surface area contributed by atoms with Crippen molar-refractivity contribution in [1.29, 1.82) is 0 Å². The normalized spacial score (nSPS) is 19.4. The van der Waals surface area contributed by atoms with Crippen LogP contribution >= 0.6 is 11.6 Å². The van der Waals surface area contributed by atoms with E-state index in [1.165, 1.54) is 18.6 Å². The predicted octanol–water partition coefficient (Wildman–Crippen LogP) is 4.06. The SMILES string of the molecule is CC(C)C1CCCCN1C(=O)Cc1ccc(F)cc1Cl. The third kappa shape index (κ3) is 3.51. The Morgan fingerprint density at radius 2 is 2.20 bits per heavy atom. The van der Waals surface area contributed by atoms with Crippen molar-refractivity contribution in [2.24, 2.45) is 5.92 Å². The average molecular weight is 298 g/mol. The predicted molar refractivity (Wildman–Crippen MR) is 79.3 cm³/mol. The van der Waals surface area contributed by atoms with Crippen LogP contribution in [-0.4, -0.2) is 23.4 Å². The second-order valence-electron chi connectivity index (χ2n) is 5.81. The molecule has 1 aromatic carbocycles. The summed E-state index contributed by atoms with van der Waals surface area (Å²) in [6.45, 7) is 5.13. The molecule has 0 saturated carbocycles. The molecule has 0 bridgehead atoms. The Kier molecular flexibility index (Phi) is 5.03. The van der Waals surface area contributed by atoms with Crippen LogP contribution in [0.15, 0.2) is 18.2 Å². The molecule has 1 fully saturated rings. The minimum Gasteiger partial charge on any atom is -0.339 e. The third-order valence-corrected chi connectivity index (χ3v) is 4.35. The summed E-state index contributed by atoms with van der Waals surface area (Å²) in [4.78, 5) is 14.5. The van der Waals surface area contributed by atoms with Gasteiger partial charge in [0.05, 0.1) is 6.42 Å². The summed E-state index contributed by atoms with van der Waals surface area (Å²) in [5.41, 5.74) is 0.700. The molecule has 2 rings (SSSR count). The Bertz CT molecular complexity index is 489. The largest absolute Gasteiger partial charge is 0.339 e. The molecule has 1 atom stereocenters. The first-order chi connectivity index (χ1) is 9.49. The molecule has 110 valence electrons. The third-order valence-electron chi connectivity index (χ3n) is 4.00. The zero-order chi connectivity index (χ0) is 14.7. The number of piperidine rings is 1. The van der Waals surface area contributed by atoms with Gasteiger partial charge in [0.25, 0.3) is 0 Å². The van der Waals surface area contributed by atoms with Crippen molar-refractivity contribution >= 4 is 17.5 Å². The number of carbonyl (C=O) groups is 1. The molecule has 1 aromatic rings. The van der Waals surface area contributed by atoms with Crippen LogP contribution in [-0.2, 0) is 11.2 Å². The van der Waals surface area contributed by atoms with Crippen LogP contribution in [0, 0.1) is 11.7 Å². The van der Waals surface area contributed by atoms with Crippen molar-refractivity contribution in [1.82, 2.24) is 4.90 Å². The summed E-state index contributed by atoms with van der Waals surface area (Å²) < 4.78 is 13.0. The van der Waals surface area contributed by atoms with Gasteiger partial charge in [-0.3, -0.25) is 4.79 Å². The number of carbonyl (C=O) groups excluding carboxylic acids is 1. The molecule has 20 heavy (non-hydrogen) atoms. The van der Waals surface area contributed by atoms with E-state index in [0.717, 1.165) is 19.4 Å². The van der Waals surface area contributed by atoms with Crippen molar-refractivity contribution < 1.29 is 9.18 Å². The molecule has 1 amide bonds. The summed E-state index contributed by atoms with van der Waals surface area (Å²) in [5, 5.41) is 0.330. The van der Waals surface area contributed by atoms with Crippen LogP contribution in [0.4, 0.5) is 4.39 Å². The number of benzene rings is 1. The highest BCUT2D eigenvalue weighted by molar-refractivity contribution is 6.31. The van der Waals surface area contributed by atoms with E-state index in [-0.39, 0.29) is 18.1 Å². The fourth-order valence-electron chi connectivity index (χ4n) is 2.89. The van der Waals surface area contributed by atoms with Crippen molar-refractivity contribution in [3.63, 3.8) is 0 Å². The summed E-state index contributed by atoms with van der Waals surface area (Å²) in [6, 6.07) is 4.53. The van der Waals surface area contributed by atoms with E-state index in [2.05, 4.69) is 13.8 Å². The van der Waals surface area contributed by atoms with E-state index >= 15 is 0 Å². The Morgan fingerprint density at radius 3 is 2.85 bits per heavy atom. The second kappa shape index (κ2) is 6.57. The zero-order valence-corrected chi connectivity index (χ0v) is 12.8. The lowest BCUT2D eigenvalue weighted by molar-refractivity contribution is -0.135. The fourth-order valence-corrected chi connectivity index (χ4v) is 3.12. The molecule has 0 aromatic heterocycles. The molecule has 1 unspecified atom stereocenters. The number of amides is 1. The molecular formula is C16H21ClFNO. The van der Waals surface area contributed by atoms with Gasteiger partial charge in [-0.15, -0.1) is 0 Å². The number of hydrogen-bond acceptors (Lipinski definition) is 1. The smallest absolute Gasteiger partial charge is 0.227 e. The van der Waals surface area contributed by atoms with Crippen LogP contribution in [0.3, 0.4) is 0 Å². The summed E-state index contributed by atoms with van der Waals surface area (Å²) in [7, 11) is 0. The van der Waals surface area contributed by atoms with Crippen molar-refractivity contribution in [3.05, 3.63) is 34.6 Å². The van der Waals surface area contributed by atoms with E-state index in [1.54, 1.807) is 6.07 Å². The highest BCUT2D eigenvalue weighted by Crippen LogP contribution is 2.25. The van der Waals surface area contributed by atoms with Gasteiger partial charge in [-0.1, -0.05) is 31.5 Å². The van der Waals surface area contributed by atoms with E-state index in [1.807, 2.05) is 4.90 Å². The first-order valence-corrected chi connectivity index (χ1v) is 7.60. The molecule has 1 saturated heterocycles. The van der Waals surface area contributed by atoms with Crippen LogP contribution in [0.2, 0.25) is 5.02 Å². The van der Waals surface area contributed by atoms with Crippen LogP contribution in [0.25, 0.3) is 0 Å². The van der Waals surface area contributed by atoms with Gasteiger partial charge in [0.2, 0.25) is 5.91 Å². The van der Waals surface area contributed by atoms with Gasteiger partial charge in [-0.2, -0.15) is 0 Å². The number of rotatable bonds is 3. The quantitative estimate of drug-likeness (QED) is 0.824. The molecule has 0 N–H and O–H groups in total. The van der Waals surface area contributed by atoms with Crippen molar-refractivity contribution in [2.75, 3.05) is 6.54 Å². The van der Waals surface area contributed by atoms with Gasteiger partial charge < -0.3 is 4.90 Å². The van der Waals surface area contributed by atoms with Crippen LogP contribution in [0.1, 0.15) is 38.7 Å². The molecule has 2 nitrogen and oxygen atoms in total. The van der Waals surface area contributed by atoms with Gasteiger partial charge >= 0.3 is 0 Å². The van der Waals surface area contributed by atoms with Crippen LogP contribution in [0.5, 0.6) is 0 Å². The Balaban J connectivity index is 2.10. The minimum atomic E-state index is -0.371. The standard InChI is InChI=1S/C16H21ClFNO/c1-11(2)15-5-3-4-8-19(15)16(20)9-12-6-7-13(18)10-14(12)17/h6-7,10-11,15H,3-5,8-9H2,1-2H3. The number of likely N-dealkylation sites (tertiary alicyclic amines) is 1. The summed E-state index contributed by atoms with van der Waals surface area (Å²) >= 11 is 6.00. The number of halogens is 2. The molecule has 0 aliphatic carbocycles. The maximum atomic E-state index is 13.0. The van der Waals surface area contributed by atoms with Crippen molar-refractivity contribution in [3.8, 4) is 0 Å². The topological polar surface area (TPSA) is 20.3 Å². The Labute approximate surface area is 124 Å². The van der Waals surface area contributed by atoms with Gasteiger partial charge in [0, 0.05) is 17.6 Å². The Hall–Kier alpha value is -1.09. The van der Waals surface area contributed by atoms with Gasteiger partial charge in [-0.25, -0.2) is 4.39 Å². The number of nitrogens with zero attached hydrogens (tertiary/aromatic N) is 1. The van der Waals surface area contributed by atoms with Gasteiger partial charge in [-0.05, 0) is 42.9 Å². The highest BCUT2D eigenvalue weighted by atomic mass is 35.5. The molecule has 4 heteroatoms. The number of hydrogen-bond donors (Lipinski definition) is 0. The fraction of sp³-hybridized carbons (Fsp3) is 0.562. The molecular weight excluding hydrogens is 277 g/mol. The highest BCUT2D eigenvalue weighted by Gasteiger charge is 2.28. The van der Waals surface area contributed by atoms with E-state index in [0.29, 0.717) is 22.5 Å². The lowest BCUT2D eigenvalue weighted by atomic mass is 9.92. The first-order valence-electron chi connectivity index (χ1n) is 7.22. The first kappa shape index (κ1) is 15.3. The molecule has 1 heterocycles. The zero-order valence-electron chi connectivity index (χ0n) is 12.0. The summed E-state index contributed by atoms with van der Waals surface area (Å²) in [5.74, 6) is 0.184. The summed E-state index contributed by atoms with van der Waals surface area (Å²) in [6.07, 6.45) is 3.57. The van der Waals surface area contributed by atoms with E-state index < -0.39 is 0 Å². The second-order valence-corrected chi connectivity index (χ2v) is 6.21. The molecule has 0 spiro atoms. The lowest BCUT2D eigenvalue weighted by Crippen LogP contribution is -2.47. The maximum Gasteiger partial charge on any atom is 0.227 e. The maximum absolute atomic E-state index is 13.0. The average Bonchev–Trinajstić information content (AvgIpc) is 2.41. The van der Waals surface area contributed by atoms with Gasteiger partial charge in [0.15, 0.2) is 0 Å². The Morgan fingerprint density at radius 1 is 1.45 bits per heavy atom. The van der Waals surface area contributed by atoms with E-state index in [4.69, 9.17) is 11.6 Å². The van der Waals surface area contributed by atoms with Crippen LogP contribution < -0.4 is 0 Å². The van der Waals surface area contributed by atoms with Crippen molar-refractivity contribution in [2.45, 2.75) is 45.6 Å². The van der Waals surface area contributed by atoms with Gasteiger partial charge in [0.1, 0.15) is 5.82 Å². The monoisotopic (exact) mass is 297 g/mol. The van der Waals surface area contributed by atoms with E-state index in [9.17, 15) is 9.18 Å². The minimum absolute atomic E-state index is 0.0944. The molecule has 0 radical (unpaired) electrons.